The van der Waals surface area contributed by atoms with Gasteiger partial charge < -0.3 is 9.30 Å². The van der Waals surface area contributed by atoms with Gasteiger partial charge in [0.05, 0.1) is 18.7 Å². The maximum atomic E-state index is 12.5. The van der Waals surface area contributed by atoms with Crippen LogP contribution in [-0.4, -0.2) is 17.1 Å². The third kappa shape index (κ3) is 3.97. The van der Waals surface area contributed by atoms with Crippen LogP contribution in [0.1, 0.15) is 12.5 Å². The van der Waals surface area contributed by atoms with Gasteiger partial charge in [-0.1, -0.05) is 6.58 Å². The van der Waals surface area contributed by atoms with Crippen molar-refractivity contribution in [1.29, 1.82) is 0 Å². The number of hydrogen-bond acceptors (Lipinski definition) is 3. The molecule has 0 saturated heterocycles. The van der Waals surface area contributed by atoms with Gasteiger partial charge >= 0.3 is 12.1 Å². The fourth-order valence-electron chi connectivity index (χ4n) is 1.33. The fraction of sp³-hybridized carbons (Fsp3) is 0.333. The predicted molar refractivity (Wildman–Crippen MR) is 61.5 cm³/mol. The van der Waals surface area contributed by atoms with Crippen LogP contribution in [-0.2, 0) is 22.3 Å². The predicted octanol–water partition coefficient (Wildman–Crippen LogP) is 1.99. The molecule has 1 heterocycles. The number of aromatic nitrogens is 1. The second-order valence-electron chi connectivity index (χ2n) is 3.71. The Morgan fingerprint density at radius 3 is 2.58 bits per heavy atom. The molecule has 0 N–H and O–H groups in total. The van der Waals surface area contributed by atoms with Crippen molar-refractivity contribution in [1.82, 2.24) is 4.57 Å². The molecule has 4 nitrogen and oxygen atoms in total. The first-order valence-corrected chi connectivity index (χ1v) is 5.38. The Labute approximate surface area is 107 Å². The second kappa shape index (κ2) is 5.73. The zero-order chi connectivity index (χ0) is 14.6. The van der Waals surface area contributed by atoms with E-state index in [1.807, 2.05) is 0 Å². The summed E-state index contributed by atoms with van der Waals surface area (Å²) in [6.07, 6.45) is -3.91. The Balaban J connectivity index is 2.98. The molecule has 0 saturated carbocycles. The minimum absolute atomic E-state index is 0.0942. The van der Waals surface area contributed by atoms with Crippen molar-refractivity contribution in [3.8, 4) is 0 Å². The van der Waals surface area contributed by atoms with E-state index in [-0.39, 0.29) is 18.7 Å². The molecule has 1 aromatic rings. The summed E-state index contributed by atoms with van der Waals surface area (Å²) in [6, 6.07) is 1.48. The molecule has 0 fully saturated rings. The third-order valence-electron chi connectivity index (χ3n) is 2.24. The van der Waals surface area contributed by atoms with Crippen molar-refractivity contribution in [3.05, 3.63) is 46.4 Å². The van der Waals surface area contributed by atoms with Gasteiger partial charge in [-0.05, 0) is 13.0 Å². The number of alkyl halides is 3. The first kappa shape index (κ1) is 15.0. The van der Waals surface area contributed by atoms with E-state index < -0.39 is 23.3 Å². The normalized spacial score (nSPS) is 11.2. The molecule has 0 radical (unpaired) electrons. The van der Waals surface area contributed by atoms with E-state index in [9.17, 15) is 22.8 Å². The van der Waals surface area contributed by atoms with Gasteiger partial charge in [-0.2, -0.15) is 13.2 Å². The highest BCUT2D eigenvalue weighted by Crippen LogP contribution is 2.28. The zero-order valence-electron chi connectivity index (χ0n) is 10.2. The molecule has 0 unspecified atom stereocenters. The van der Waals surface area contributed by atoms with Crippen LogP contribution in [0.15, 0.2) is 35.3 Å². The molecule has 1 aromatic heterocycles. The lowest BCUT2D eigenvalue weighted by Gasteiger charge is -2.11. The average molecular weight is 275 g/mol. The largest absolute Gasteiger partial charge is 0.463 e. The molecular weight excluding hydrogens is 263 g/mol. The molecule has 1 rings (SSSR count). The molecule has 19 heavy (non-hydrogen) atoms. The standard InChI is InChI=1S/C12H12F3NO3/c1-3-19-11(18)8(2)6-16-7-9(12(13,14)15)4-5-10(16)17/h4-5,7H,2-3,6H2,1H3. The van der Waals surface area contributed by atoms with Crippen molar-refractivity contribution < 1.29 is 22.7 Å². The molecular formula is C12H12F3NO3. The number of nitrogens with zero attached hydrogens (tertiary/aromatic N) is 1. The Morgan fingerprint density at radius 1 is 1.42 bits per heavy atom. The van der Waals surface area contributed by atoms with Gasteiger partial charge in [0, 0.05) is 17.8 Å². The molecule has 0 aliphatic heterocycles. The second-order valence-corrected chi connectivity index (χ2v) is 3.71. The maximum Gasteiger partial charge on any atom is 0.417 e. The van der Waals surface area contributed by atoms with Crippen molar-refractivity contribution in [2.24, 2.45) is 0 Å². The van der Waals surface area contributed by atoms with E-state index in [1.54, 1.807) is 6.92 Å². The van der Waals surface area contributed by atoms with Crippen LogP contribution in [0.5, 0.6) is 0 Å². The van der Waals surface area contributed by atoms with Crippen LogP contribution in [0, 0.1) is 0 Å². The molecule has 0 spiro atoms. The summed E-state index contributed by atoms with van der Waals surface area (Å²) >= 11 is 0. The number of hydrogen-bond donors (Lipinski definition) is 0. The van der Waals surface area contributed by atoms with Gasteiger partial charge in [0.1, 0.15) is 0 Å². The van der Waals surface area contributed by atoms with Gasteiger partial charge in [-0.15, -0.1) is 0 Å². The molecule has 0 aromatic carbocycles. The van der Waals surface area contributed by atoms with Crippen LogP contribution >= 0.6 is 0 Å². The van der Waals surface area contributed by atoms with Crippen molar-refractivity contribution in [2.75, 3.05) is 6.61 Å². The Hall–Kier alpha value is -2.05. The number of carbonyl (C=O) groups is 1. The lowest BCUT2D eigenvalue weighted by molar-refractivity contribution is -0.138. The molecule has 0 aliphatic rings. The van der Waals surface area contributed by atoms with Crippen molar-refractivity contribution in [2.45, 2.75) is 19.6 Å². The summed E-state index contributed by atoms with van der Waals surface area (Å²) < 4.78 is 42.9. The van der Waals surface area contributed by atoms with Crippen LogP contribution in [0.4, 0.5) is 13.2 Å². The number of carbonyl (C=O) groups excluding carboxylic acids is 1. The third-order valence-corrected chi connectivity index (χ3v) is 2.24. The molecule has 104 valence electrons. The summed E-state index contributed by atoms with van der Waals surface area (Å²) in [5.74, 6) is -0.744. The monoisotopic (exact) mass is 275 g/mol. The quantitative estimate of drug-likeness (QED) is 0.623. The molecule has 0 bridgehead atoms. The number of halogens is 3. The van der Waals surface area contributed by atoms with Crippen LogP contribution in [0.3, 0.4) is 0 Å². The zero-order valence-corrected chi connectivity index (χ0v) is 10.2. The van der Waals surface area contributed by atoms with E-state index in [0.717, 1.165) is 10.6 Å². The summed E-state index contributed by atoms with van der Waals surface area (Å²) in [6.45, 7) is 4.75. The molecule has 7 heteroatoms. The number of ether oxygens (including phenoxy) is 1. The Kier molecular flexibility index (Phi) is 4.52. The highest BCUT2D eigenvalue weighted by Gasteiger charge is 2.31. The number of pyridine rings is 1. The Bertz CT molecular complexity index is 546. The lowest BCUT2D eigenvalue weighted by atomic mass is 10.2. The average Bonchev–Trinajstić information content (AvgIpc) is 2.30. The highest BCUT2D eigenvalue weighted by atomic mass is 19.4. The minimum Gasteiger partial charge on any atom is -0.463 e. The first-order valence-electron chi connectivity index (χ1n) is 5.38. The van der Waals surface area contributed by atoms with E-state index in [1.165, 1.54) is 0 Å². The van der Waals surface area contributed by atoms with E-state index in [2.05, 4.69) is 11.3 Å². The van der Waals surface area contributed by atoms with E-state index >= 15 is 0 Å². The lowest BCUT2D eigenvalue weighted by Crippen LogP contribution is -2.24. The molecule has 0 atom stereocenters. The maximum absolute atomic E-state index is 12.5. The van der Waals surface area contributed by atoms with Gasteiger partial charge in [0.25, 0.3) is 5.56 Å². The van der Waals surface area contributed by atoms with Gasteiger partial charge in [0.15, 0.2) is 0 Å². The fourth-order valence-corrected chi connectivity index (χ4v) is 1.33. The topological polar surface area (TPSA) is 48.3 Å². The molecule has 0 amide bonds. The van der Waals surface area contributed by atoms with Crippen molar-refractivity contribution in [3.63, 3.8) is 0 Å². The smallest absolute Gasteiger partial charge is 0.417 e. The Morgan fingerprint density at radius 2 is 2.05 bits per heavy atom. The minimum atomic E-state index is -4.55. The first-order chi connectivity index (χ1) is 8.75. The van der Waals surface area contributed by atoms with Gasteiger partial charge in [-0.25, -0.2) is 4.79 Å². The summed E-state index contributed by atoms with van der Waals surface area (Å²) in [5.41, 5.74) is -1.72. The van der Waals surface area contributed by atoms with Gasteiger partial charge in [-0.3, -0.25) is 4.79 Å². The SMILES string of the molecule is C=C(Cn1cc(C(F)(F)F)ccc1=O)C(=O)OCC. The summed E-state index contributed by atoms with van der Waals surface area (Å²) in [5, 5.41) is 0. The van der Waals surface area contributed by atoms with E-state index in [0.29, 0.717) is 12.3 Å². The van der Waals surface area contributed by atoms with Crippen LogP contribution in [0.2, 0.25) is 0 Å². The van der Waals surface area contributed by atoms with Gasteiger partial charge in [0.2, 0.25) is 0 Å². The number of rotatable bonds is 4. The van der Waals surface area contributed by atoms with Crippen LogP contribution in [0.25, 0.3) is 0 Å². The van der Waals surface area contributed by atoms with E-state index in [4.69, 9.17) is 0 Å². The van der Waals surface area contributed by atoms with Crippen LogP contribution < -0.4 is 5.56 Å². The summed E-state index contributed by atoms with van der Waals surface area (Å²) in [4.78, 5) is 22.7. The summed E-state index contributed by atoms with van der Waals surface area (Å²) in [7, 11) is 0. The van der Waals surface area contributed by atoms with Crippen molar-refractivity contribution >= 4 is 5.97 Å². The molecule has 0 aliphatic carbocycles. The number of esters is 1. The highest BCUT2D eigenvalue weighted by molar-refractivity contribution is 5.87.